The molecule has 2 N–H and O–H groups in total. The Morgan fingerprint density at radius 3 is 2.20 bits per heavy atom. The van der Waals surface area contributed by atoms with Gasteiger partial charge in [0.25, 0.3) is 0 Å². The van der Waals surface area contributed by atoms with E-state index < -0.39 is 11.6 Å². The topological polar surface area (TPSA) is 26.0 Å². The third-order valence-corrected chi connectivity index (χ3v) is 2.51. The molecule has 0 aromatic heterocycles. The molecule has 20 heavy (non-hydrogen) atoms. The maximum atomic E-state index is 13.3. The molecule has 0 atom stereocenters. The number of hydrogen-bond acceptors (Lipinski definition) is 1. The Balaban J connectivity index is 0.000000347. The number of allylic oxidation sites excluding steroid dienone is 1. The van der Waals surface area contributed by atoms with E-state index in [0.717, 1.165) is 11.6 Å². The van der Waals surface area contributed by atoms with Gasteiger partial charge in [-0.05, 0) is 23.3 Å². The van der Waals surface area contributed by atoms with E-state index in [1.54, 1.807) is 0 Å². The highest BCUT2D eigenvalue weighted by Gasteiger charge is 2.03. The molecule has 2 rings (SSSR count). The van der Waals surface area contributed by atoms with Crippen molar-refractivity contribution in [3.8, 4) is 0 Å². The zero-order chi connectivity index (χ0) is 15.0. The Morgan fingerprint density at radius 2 is 1.70 bits per heavy atom. The summed E-state index contributed by atoms with van der Waals surface area (Å²) < 4.78 is 25.9. The summed E-state index contributed by atoms with van der Waals surface area (Å²) in [5, 5.41) is 0. The van der Waals surface area contributed by atoms with Crippen LogP contribution in [-0.2, 0) is 6.42 Å². The molecule has 1 nitrogen and oxygen atoms in total. The SMILES string of the molecule is C=CC(=C)N.Fc1ccc(Cc2ccccc2)c(F)c1. The Hall–Kier alpha value is -2.42. The molecule has 0 radical (unpaired) electrons. The van der Waals surface area contributed by atoms with Crippen LogP contribution in [0.2, 0.25) is 0 Å². The van der Waals surface area contributed by atoms with Crippen LogP contribution in [0.15, 0.2) is 73.5 Å². The summed E-state index contributed by atoms with van der Waals surface area (Å²) in [6, 6.07) is 13.2. The van der Waals surface area contributed by atoms with Gasteiger partial charge in [-0.3, -0.25) is 0 Å². The molecule has 0 amide bonds. The van der Waals surface area contributed by atoms with Crippen molar-refractivity contribution >= 4 is 0 Å². The van der Waals surface area contributed by atoms with Gasteiger partial charge in [-0.25, -0.2) is 8.78 Å². The Kier molecular flexibility index (Phi) is 6.17. The van der Waals surface area contributed by atoms with E-state index in [1.165, 1.54) is 18.2 Å². The van der Waals surface area contributed by atoms with Gasteiger partial charge in [0.1, 0.15) is 11.6 Å². The second-order valence-electron chi connectivity index (χ2n) is 4.18. The van der Waals surface area contributed by atoms with Gasteiger partial charge < -0.3 is 5.73 Å². The molecule has 0 aliphatic carbocycles. The van der Waals surface area contributed by atoms with E-state index in [2.05, 4.69) is 13.2 Å². The molecule has 0 heterocycles. The van der Waals surface area contributed by atoms with Crippen molar-refractivity contribution in [2.24, 2.45) is 5.73 Å². The van der Waals surface area contributed by atoms with E-state index >= 15 is 0 Å². The van der Waals surface area contributed by atoms with Crippen LogP contribution in [0, 0.1) is 11.6 Å². The Labute approximate surface area is 118 Å². The van der Waals surface area contributed by atoms with Crippen LogP contribution in [0.25, 0.3) is 0 Å². The molecular weight excluding hydrogens is 256 g/mol. The maximum absolute atomic E-state index is 13.3. The van der Waals surface area contributed by atoms with Gasteiger partial charge in [0, 0.05) is 18.2 Å². The highest BCUT2D eigenvalue weighted by atomic mass is 19.1. The van der Waals surface area contributed by atoms with Crippen molar-refractivity contribution in [3.63, 3.8) is 0 Å². The van der Waals surface area contributed by atoms with E-state index in [1.807, 2.05) is 30.3 Å². The fraction of sp³-hybridized carbons (Fsp3) is 0.0588. The summed E-state index contributed by atoms with van der Waals surface area (Å²) in [6.45, 7) is 6.67. The van der Waals surface area contributed by atoms with Crippen molar-refractivity contribution in [1.29, 1.82) is 0 Å². The summed E-state index contributed by atoms with van der Waals surface area (Å²) in [5.74, 6) is -1.02. The largest absolute Gasteiger partial charge is 0.399 e. The van der Waals surface area contributed by atoms with Crippen LogP contribution in [0.3, 0.4) is 0 Å². The minimum absolute atomic E-state index is 0.487. The molecule has 0 aliphatic rings. The lowest BCUT2D eigenvalue weighted by Crippen LogP contribution is -1.93. The lowest BCUT2D eigenvalue weighted by atomic mass is 10.0. The van der Waals surface area contributed by atoms with E-state index in [4.69, 9.17) is 5.73 Å². The van der Waals surface area contributed by atoms with Gasteiger partial charge in [0.15, 0.2) is 0 Å². The van der Waals surface area contributed by atoms with Gasteiger partial charge in [-0.15, -0.1) is 0 Å². The minimum Gasteiger partial charge on any atom is -0.399 e. The molecule has 2 aromatic rings. The Bertz CT molecular complexity index is 577. The summed E-state index contributed by atoms with van der Waals surface area (Å²) in [6.07, 6.45) is 1.99. The highest BCUT2D eigenvalue weighted by molar-refractivity contribution is 5.27. The standard InChI is InChI=1S/C13H10F2.C4H7N/c14-12-7-6-11(13(15)9-12)8-10-4-2-1-3-5-10;1-3-4(2)5/h1-7,9H,8H2;3H,1-2,5H2. The first kappa shape index (κ1) is 15.6. The van der Waals surface area contributed by atoms with Gasteiger partial charge in [0.2, 0.25) is 0 Å². The quantitative estimate of drug-likeness (QED) is 0.833. The lowest BCUT2D eigenvalue weighted by molar-refractivity contribution is 0.574. The van der Waals surface area contributed by atoms with Crippen molar-refractivity contribution in [2.75, 3.05) is 0 Å². The highest BCUT2D eigenvalue weighted by Crippen LogP contribution is 2.14. The van der Waals surface area contributed by atoms with E-state index in [9.17, 15) is 8.78 Å². The number of rotatable bonds is 3. The van der Waals surface area contributed by atoms with Crippen molar-refractivity contribution in [3.05, 3.63) is 96.2 Å². The predicted molar refractivity (Wildman–Crippen MR) is 79.1 cm³/mol. The summed E-state index contributed by atoms with van der Waals surface area (Å²) in [7, 11) is 0. The molecule has 2 aromatic carbocycles. The van der Waals surface area contributed by atoms with Gasteiger partial charge in [-0.1, -0.05) is 49.6 Å². The van der Waals surface area contributed by atoms with E-state index in [0.29, 0.717) is 17.7 Å². The number of halogens is 2. The molecule has 0 unspecified atom stereocenters. The zero-order valence-electron chi connectivity index (χ0n) is 11.2. The molecular formula is C17H17F2N. The van der Waals surface area contributed by atoms with Crippen LogP contribution in [0.1, 0.15) is 11.1 Å². The average Bonchev–Trinajstić information content (AvgIpc) is 2.44. The number of hydrogen-bond donors (Lipinski definition) is 1. The van der Waals surface area contributed by atoms with Gasteiger partial charge in [-0.2, -0.15) is 0 Å². The normalized spacial score (nSPS) is 9.30. The van der Waals surface area contributed by atoms with Crippen LogP contribution < -0.4 is 5.73 Å². The zero-order valence-corrected chi connectivity index (χ0v) is 11.2. The monoisotopic (exact) mass is 273 g/mol. The average molecular weight is 273 g/mol. The summed E-state index contributed by atoms with van der Waals surface area (Å²) in [4.78, 5) is 0. The summed E-state index contributed by atoms with van der Waals surface area (Å²) >= 11 is 0. The van der Waals surface area contributed by atoms with Crippen LogP contribution >= 0.6 is 0 Å². The maximum Gasteiger partial charge on any atom is 0.129 e. The fourth-order valence-electron chi connectivity index (χ4n) is 1.48. The third kappa shape index (κ3) is 5.48. The first-order valence-corrected chi connectivity index (χ1v) is 6.07. The van der Waals surface area contributed by atoms with Crippen LogP contribution in [0.4, 0.5) is 8.78 Å². The van der Waals surface area contributed by atoms with Crippen molar-refractivity contribution < 1.29 is 8.78 Å². The molecule has 0 bridgehead atoms. The smallest absolute Gasteiger partial charge is 0.129 e. The van der Waals surface area contributed by atoms with Crippen LogP contribution in [-0.4, -0.2) is 0 Å². The molecule has 0 saturated heterocycles. The fourth-order valence-corrected chi connectivity index (χ4v) is 1.48. The first-order valence-electron chi connectivity index (χ1n) is 6.07. The van der Waals surface area contributed by atoms with Crippen molar-refractivity contribution in [2.45, 2.75) is 6.42 Å². The second-order valence-corrected chi connectivity index (χ2v) is 4.18. The molecule has 0 spiro atoms. The first-order chi connectivity index (χ1) is 9.52. The molecule has 0 fully saturated rings. The molecule has 104 valence electrons. The molecule has 0 aliphatic heterocycles. The Morgan fingerprint density at radius 1 is 1.10 bits per heavy atom. The minimum atomic E-state index is -0.538. The summed E-state index contributed by atoms with van der Waals surface area (Å²) in [5.41, 5.74) is 7.03. The molecule has 0 saturated carbocycles. The number of nitrogens with two attached hydrogens (primary N) is 1. The van der Waals surface area contributed by atoms with Gasteiger partial charge in [0.05, 0.1) is 0 Å². The third-order valence-electron chi connectivity index (χ3n) is 2.51. The molecule has 3 heteroatoms. The predicted octanol–water partition coefficient (Wildman–Crippen LogP) is 4.20. The number of benzene rings is 2. The van der Waals surface area contributed by atoms with Crippen LogP contribution in [0.5, 0.6) is 0 Å². The van der Waals surface area contributed by atoms with E-state index in [-0.39, 0.29) is 0 Å². The second kappa shape index (κ2) is 7.89. The lowest BCUT2D eigenvalue weighted by Gasteiger charge is -2.03. The van der Waals surface area contributed by atoms with Gasteiger partial charge >= 0.3 is 0 Å². The van der Waals surface area contributed by atoms with Crippen molar-refractivity contribution in [1.82, 2.24) is 0 Å².